The molecule has 1 aromatic heterocycles. The highest BCUT2D eigenvalue weighted by molar-refractivity contribution is 5.89. The van der Waals surface area contributed by atoms with Crippen LogP contribution in [0, 0.1) is 30.9 Å². The van der Waals surface area contributed by atoms with E-state index in [9.17, 15) is 13.6 Å². The van der Waals surface area contributed by atoms with E-state index in [1.807, 2.05) is 6.92 Å². The van der Waals surface area contributed by atoms with Gasteiger partial charge in [0.05, 0.1) is 10.9 Å². The van der Waals surface area contributed by atoms with Gasteiger partial charge in [0.15, 0.2) is 17.4 Å². The fourth-order valence-electron chi connectivity index (χ4n) is 2.18. The molecule has 0 fully saturated rings. The van der Waals surface area contributed by atoms with Crippen molar-refractivity contribution in [2.75, 3.05) is 6.61 Å². The number of fused-ring (bicyclic) bond motifs is 1. The molecule has 2 rings (SSSR count). The van der Waals surface area contributed by atoms with E-state index in [0.717, 1.165) is 6.07 Å². The third kappa shape index (κ3) is 3.39. The van der Waals surface area contributed by atoms with Crippen molar-refractivity contribution in [2.24, 2.45) is 0 Å². The first kappa shape index (κ1) is 16.7. The molecular weight excluding hydrogens is 304 g/mol. The Bertz CT molecular complexity index is 797. The van der Waals surface area contributed by atoms with Crippen molar-refractivity contribution < 1.29 is 23.0 Å². The Labute approximate surface area is 132 Å². The van der Waals surface area contributed by atoms with Crippen LogP contribution < -0.4 is 4.74 Å². The summed E-state index contributed by atoms with van der Waals surface area (Å²) in [5, 5.41) is -0.186. The molecule has 23 heavy (non-hydrogen) atoms. The second-order valence-corrected chi connectivity index (χ2v) is 4.78. The summed E-state index contributed by atoms with van der Waals surface area (Å²) in [7, 11) is 0. The van der Waals surface area contributed by atoms with Gasteiger partial charge in [0.1, 0.15) is 6.61 Å². The quantitative estimate of drug-likeness (QED) is 0.487. The molecule has 0 aliphatic rings. The monoisotopic (exact) mass is 319 g/mol. The van der Waals surface area contributed by atoms with Crippen molar-refractivity contribution in [2.45, 2.75) is 26.7 Å². The average Bonchev–Trinajstić information content (AvgIpc) is 2.53. The first-order valence-electron chi connectivity index (χ1n) is 7.04. The number of halogens is 2. The molecule has 1 heterocycles. The summed E-state index contributed by atoms with van der Waals surface area (Å²) in [4.78, 5) is 16.0. The van der Waals surface area contributed by atoms with Crippen molar-refractivity contribution in [1.82, 2.24) is 4.98 Å². The van der Waals surface area contributed by atoms with Crippen LogP contribution in [0.2, 0.25) is 0 Å². The van der Waals surface area contributed by atoms with Gasteiger partial charge in [0.2, 0.25) is 0 Å². The van der Waals surface area contributed by atoms with Gasteiger partial charge in [-0.05, 0) is 25.5 Å². The van der Waals surface area contributed by atoms with Crippen LogP contribution in [0.4, 0.5) is 13.6 Å². The van der Waals surface area contributed by atoms with Crippen LogP contribution in [0.5, 0.6) is 5.75 Å². The molecule has 0 radical (unpaired) electrons. The zero-order valence-corrected chi connectivity index (χ0v) is 12.8. The van der Waals surface area contributed by atoms with Crippen LogP contribution in [-0.4, -0.2) is 17.7 Å². The van der Waals surface area contributed by atoms with Gasteiger partial charge >= 0.3 is 6.16 Å². The highest BCUT2D eigenvalue weighted by atomic mass is 19.2. The van der Waals surface area contributed by atoms with E-state index in [1.54, 1.807) is 6.92 Å². The number of benzene rings is 1. The lowest BCUT2D eigenvalue weighted by atomic mass is 10.1. The van der Waals surface area contributed by atoms with Crippen LogP contribution in [0.25, 0.3) is 10.9 Å². The molecule has 0 saturated carbocycles. The lowest BCUT2D eigenvalue weighted by Gasteiger charge is -2.14. The van der Waals surface area contributed by atoms with E-state index in [0.29, 0.717) is 17.7 Å². The van der Waals surface area contributed by atoms with Gasteiger partial charge in [0.25, 0.3) is 0 Å². The molecule has 1 aromatic carbocycles. The molecule has 6 heteroatoms. The molecule has 0 unspecified atom stereocenters. The van der Waals surface area contributed by atoms with Crippen molar-refractivity contribution in [3.63, 3.8) is 0 Å². The molecular formula is C17H15F2NO3. The van der Waals surface area contributed by atoms with Gasteiger partial charge in [-0.3, -0.25) is 4.98 Å². The molecule has 0 amide bonds. The van der Waals surface area contributed by atoms with Crippen molar-refractivity contribution in [3.8, 4) is 18.1 Å². The highest BCUT2D eigenvalue weighted by Gasteiger charge is 2.21. The average molecular weight is 319 g/mol. The number of nitrogens with zero attached hydrogens (tertiary/aromatic N) is 1. The van der Waals surface area contributed by atoms with E-state index >= 15 is 0 Å². The van der Waals surface area contributed by atoms with Crippen LogP contribution in [0.3, 0.4) is 0 Å². The van der Waals surface area contributed by atoms with E-state index in [-0.39, 0.29) is 29.7 Å². The normalized spacial score (nSPS) is 10.4. The minimum absolute atomic E-state index is 0.0190. The highest BCUT2D eigenvalue weighted by Crippen LogP contribution is 2.33. The third-order valence-corrected chi connectivity index (χ3v) is 3.32. The second-order valence-electron chi connectivity index (χ2n) is 4.78. The summed E-state index contributed by atoms with van der Waals surface area (Å²) >= 11 is 0. The standard InChI is InChI=1S/C17H15F2NO3/c1-4-6-9-22-17(21)23-16-10(3)12(5-2)20-13-8-7-11(18)15(19)14(13)16/h1,7-8H,5-6,9H2,2-3H3. The fourth-order valence-corrected chi connectivity index (χ4v) is 2.18. The van der Waals surface area contributed by atoms with Crippen LogP contribution in [-0.2, 0) is 11.2 Å². The molecule has 0 atom stereocenters. The maximum atomic E-state index is 14.2. The first-order chi connectivity index (χ1) is 11.0. The molecule has 0 saturated heterocycles. The summed E-state index contributed by atoms with van der Waals surface area (Å²) in [6.07, 6.45) is 4.81. The number of rotatable bonds is 4. The largest absolute Gasteiger partial charge is 0.513 e. The van der Waals surface area contributed by atoms with Gasteiger partial charge in [0, 0.05) is 17.7 Å². The molecule has 2 aromatic rings. The van der Waals surface area contributed by atoms with E-state index < -0.39 is 17.8 Å². The third-order valence-electron chi connectivity index (χ3n) is 3.32. The topological polar surface area (TPSA) is 48.4 Å². The summed E-state index contributed by atoms with van der Waals surface area (Å²) in [6.45, 7) is 3.46. The minimum atomic E-state index is -1.12. The van der Waals surface area contributed by atoms with E-state index in [2.05, 4.69) is 10.9 Å². The van der Waals surface area contributed by atoms with Gasteiger partial charge in [-0.1, -0.05) is 6.92 Å². The van der Waals surface area contributed by atoms with Crippen molar-refractivity contribution in [1.29, 1.82) is 0 Å². The molecule has 0 spiro atoms. The van der Waals surface area contributed by atoms with E-state index in [1.165, 1.54) is 6.07 Å². The number of hydrogen-bond acceptors (Lipinski definition) is 4. The SMILES string of the molecule is C#CCCOC(=O)Oc1c(C)c(CC)nc2ccc(F)c(F)c12. The fraction of sp³-hybridized carbons (Fsp3) is 0.294. The summed E-state index contributed by atoms with van der Waals surface area (Å²) in [6, 6.07) is 2.32. The van der Waals surface area contributed by atoms with Gasteiger partial charge in [-0.15, -0.1) is 12.3 Å². The van der Waals surface area contributed by atoms with Gasteiger partial charge in [-0.2, -0.15) is 0 Å². The molecule has 120 valence electrons. The summed E-state index contributed by atoms with van der Waals surface area (Å²) in [5.41, 5.74) is 1.28. The number of hydrogen-bond donors (Lipinski definition) is 0. The number of ether oxygens (including phenoxy) is 2. The summed E-state index contributed by atoms with van der Waals surface area (Å²) in [5.74, 6) is 0.0560. The predicted molar refractivity (Wildman–Crippen MR) is 81.2 cm³/mol. The van der Waals surface area contributed by atoms with Crippen molar-refractivity contribution >= 4 is 17.1 Å². The smallest absolute Gasteiger partial charge is 0.433 e. The molecule has 0 aliphatic carbocycles. The minimum Gasteiger partial charge on any atom is -0.433 e. The molecule has 4 nitrogen and oxygen atoms in total. The number of carbonyl (C=O) groups excluding carboxylic acids is 1. The predicted octanol–water partition coefficient (Wildman–Crippen LogP) is 3.92. The Kier molecular flexibility index (Phi) is 5.12. The Morgan fingerprint density at radius 2 is 2.13 bits per heavy atom. The number of aryl methyl sites for hydroxylation is 1. The molecule has 0 bridgehead atoms. The molecule has 0 N–H and O–H groups in total. The Balaban J connectivity index is 2.51. The first-order valence-corrected chi connectivity index (χ1v) is 7.04. The van der Waals surface area contributed by atoms with Crippen LogP contribution in [0.1, 0.15) is 24.6 Å². The number of aromatic nitrogens is 1. The Morgan fingerprint density at radius 3 is 2.78 bits per heavy atom. The lowest BCUT2D eigenvalue weighted by molar-refractivity contribution is 0.101. The molecule has 0 aliphatic heterocycles. The lowest BCUT2D eigenvalue weighted by Crippen LogP contribution is -2.13. The Hall–Kier alpha value is -2.68. The number of carbonyl (C=O) groups is 1. The number of terminal acetylenes is 1. The van der Waals surface area contributed by atoms with Gasteiger partial charge in [-0.25, -0.2) is 13.6 Å². The maximum absolute atomic E-state index is 14.2. The second kappa shape index (κ2) is 7.05. The summed E-state index contributed by atoms with van der Waals surface area (Å²) < 4.78 is 37.6. The zero-order chi connectivity index (χ0) is 17.0. The van der Waals surface area contributed by atoms with Crippen LogP contribution >= 0.6 is 0 Å². The zero-order valence-electron chi connectivity index (χ0n) is 12.8. The van der Waals surface area contributed by atoms with E-state index in [4.69, 9.17) is 15.9 Å². The van der Waals surface area contributed by atoms with Crippen molar-refractivity contribution in [3.05, 3.63) is 35.0 Å². The maximum Gasteiger partial charge on any atom is 0.513 e. The Morgan fingerprint density at radius 1 is 1.39 bits per heavy atom. The van der Waals surface area contributed by atoms with Gasteiger partial charge < -0.3 is 9.47 Å². The number of pyridine rings is 1. The van der Waals surface area contributed by atoms with Crippen LogP contribution in [0.15, 0.2) is 12.1 Å².